The number of carbonyl (C=O) groups excluding carboxylic acids is 1. The van der Waals surface area contributed by atoms with Gasteiger partial charge in [0, 0.05) is 37.2 Å². The number of halogens is 2. The van der Waals surface area contributed by atoms with Gasteiger partial charge >= 0.3 is 0 Å². The Morgan fingerprint density at radius 1 is 1.19 bits per heavy atom. The molecule has 0 spiro atoms. The zero-order valence-corrected chi connectivity index (χ0v) is 18.8. The maximum atomic E-state index is 13.5. The first-order chi connectivity index (χ1) is 14.9. The predicted octanol–water partition coefficient (Wildman–Crippen LogP) is 2.35. The largest absolute Gasteiger partial charge is 0.484 e. The van der Waals surface area contributed by atoms with Crippen LogP contribution in [0.2, 0.25) is 5.02 Å². The zero-order valence-electron chi connectivity index (χ0n) is 18.0. The second-order valence-electron chi connectivity index (χ2n) is 8.89. The van der Waals surface area contributed by atoms with Crippen molar-refractivity contribution in [2.75, 3.05) is 13.2 Å². The lowest BCUT2D eigenvalue weighted by atomic mass is 9.60. The van der Waals surface area contributed by atoms with Gasteiger partial charge in [0.1, 0.15) is 24.1 Å². The van der Waals surface area contributed by atoms with Gasteiger partial charge in [0.05, 0.1) is 5.02 Å². The topological polar surface area (TPSA) is 83.7 Å². The first-order valence-corrected chi connectivity index (χ1v) is 11.6. The second kappa shape index (κ2) is 10.0. The minimum Gasteiger partial charge on any atom is -0.484 e. The number of fused-ring (bicyclic) bond motifs is 2. The van der Waals surface area contributed by atoms with Crippen LogP contribution in [0.4, 0.5) is 4.39 Å². The van der Waals surface area contributed by atoms with Gasteiger partial charge in [0.2, 0.25) is 0 Å². The molecule has 1 aromatic rings. The third kappa shape index (κ3) is 5.68. The van der Waals surface area contributed by atoms with Gasteiger partial charge in [-0.2, -0.15) is 0 Å². The molecule has 3 saturated carbocycles. The molecule has 0 radical (unpaired) electrons. The van der Waals surface area contributed by atoms with Gasteiger partial charge in [-0.3, -0.25) is 20.7 Å². The summed E-state index contributed by atoms with van der Waals surface area (Å²) in [5.74, 6) is 0.687. The molecule has 1 amide bonds. The van der Waals surface area contributed by atoms with E-state index >= 15 is 0 Å². The van der Waals surface area contributed by atoms with Gasteiger partial charge in [0.15, 0.2) is 6.61 Å². The molecule has 1 aliphatic heterocycles. The summed E-state index contributed by atoms with van der Waals surface area (Å²) in [5.41, 5.74) is 0. The zero-order chi connectivity index (χ0) is 22.0. The number of amides is 1. The van der Waals surface area contributed by atoms with Gasteiger partial charge in [-0.25, -0.2) is 4.39 Å². The van der Waals surface area contributed by atoms with E-state index in [1.807, 2.05) is 6.92 Å². The number of rotatable bonds is 8. The summed E-state index contributed by atoms with van der Waals surface area (Å²) in [7, 11) is 0. The maximum Gasteiger partial charge on any atom is 0.258 e. The standard InChI is InChI=1S/C22H32ClFN4O3/c1-3-30-21-6-12(2)25-22(28-21)27-19-10-18(13-7-14(19)8-13)26-20(29)11-31-15-4-5-16(23)17(24)9-15/h4-5,9,12-14,18-19,21-22,25,27-28H,3,6-8,10-11H2,1-2H3,(H,26,29). The SMILES string of the molecule is CCOC1CC(C)NC(NC2CC(NC(=O)COc3ccc(Cl)c(F)c3)C3CC2C3)N1. The Balaban J connectivity index is 1.26. The average molecular weight is 455 g/mol. The number of hydrogen-bond donors (Lipinski definition) is 4. The smallest absolute Gasteiger partial charge is 0.258 e. The minimum atomic E-state index is -0.563. The van der Waals surface area contributed by atoms with E-state index in [1.165, 1.54) is 12.1 Å². The highest BCUT2D eigenvalue weighted by molar-refractivity contribution is 6.30. The fraction of sp³-hybridized carbons (Fsp3) is 0.682. The lowest BCUT2D eigenvalue weighted by Gasteiger charge is -2.53. The van der Waals surface area contributed by atoms with Crippen molar-refractivity contribution >= 4 is 17.5 Å². The van der Waals surface area contributed by atoms with Crippen LogP contribution in [0, 0.1) is 17.7 Å². The number of hydrogen-bond acceptors (Lipinski definition) is 6. The van der Waals surface area contributed by atoms with E-state index in [0.717, 1.165) is 25.7 Å². The Bertz CT molecular complexity index is 779. The van der Waals surface area contributed by atoms with Crippen molar-refractivity contribution in [1.82, 2.24) is 21.3 Å². The number of carbonyl (C=O) groups is 1. The van der Waals surface area contributed by atoms with Crippen molar-refractivity contribution < 1.29 is 18.7 Å². The van der Waals surface area contributed by atoms with Crippen LogP contribution < -0.4 is 26.0 Å². The molecular weight excluding hydrogens is 423 g/mol. The fourth-order valence-electron chi connectivity index (χ4n) is 4.97. The molecule has 3 aliphatic carbocycles. The van der Waals surface area contributed by atoms with Crippen molar-refractivity contribution in [2.24, 2.45) is 11.8 Å². The van der Waals surface area contributed by atoms with Gasteiger partial charge in [-0.05, 0) is 57.1 Å². The molecule has 0 aromatic heterocycles. The van der Waals surface area contributed by atoms with E-state index in [4.69, 9.17) is 21.1 Å². The third-order valence-electron chi connectivity index (χ3n) is 6.58. The van der Waals surface area contributed by atoms with E-state index in [0.29, 0.717) is 30.5 Å². The summed E-state index contributed by atoms with van der Waals surface area (Å²) >= 11 is 5.68. The van der Waals surface area contributed by atoms with Crippen molar-refractivity contribution in [3.05, 3.63) is 29.0 Å². The van der Waals surface area contributed by atoms with Crippen LogP contribution in [0.5, 0.6) is 5.75 Å². The molecule has 4 aliphatic rings. The number of benzene rings is 1. The van der Waals surface area contributed by atoms with E-state index in [-0.39, 0.29) is 41.8 Å². The molecule has 9 heteroatoms. The van der Waals surface area contributed by atoms with Crippen LogP contribution in [0.25, 0.3) is 0 Å². The summed E-state index contributed by atoms with van der Waals surface area (Å²) < 4.78 is 24.7. The van der Waals surface area contributed by atoms with Gasteiger partial charge < -0.3 is 14.8 Å². The Morgan fingerprint density at radius 2 is 1.97 bits per heavy atom. The van der Waals surface area contributed by atoms with E-state index in [1.54, 1.807) is 6.07 Å². The van der Waals surface area contributed by atoms with Crippen LogP contribution >= 0.6 is 11.6 Å². The van der Waals surface area contributed by atoms with Crippen molar-refractivity contribution in [2.45, 2.75) is 70.2 Å². The summed E-state index contributed by atoms with van der Waals surface area (Å²) in [5, 5.41) is 13.9. The summed E-state index contributed by atoms with van der Waals surface area (Å²) in [6.45, 7) is 4.71. The highest BCUT2D eigenvalue weighted by Gasteiger charge is 2.47. The fourth-order valence-corrected chi connectivity index (χ4v) is 5.09. The normalized spacial score (nSPS) is 34.6. The van der Waals surface area contributed by atoms with Crippen LogP contribution in [0.3, 0.4) is 0 Å². The van der Waals surface area contributed by atoms with E-state index in [2.05, 4.69) is 28.2 Å². The molecule has 1 heterocycles. The lowest BCUT2D eigenvalue weighted by Crippen LogP contribution is -2.69. The quantitative estimate of drug-likeness (QED) is 0.482. The summed E-state index contributed by atoms with van der Waals surface area (Å²) in [4.78, 5) is 12.4. The van der Waals surface area contributed by atoms with Gasteiger partial charge in [-0.15, -0.1) is 0 Å². The molecule has 5 unspecified atom stereocenters. The molecular formula is C22H32ClFN4O3. The molecule has 2 bridgehead atoms. The third-order valence-corrected chi connectivity index (χ3v) is 6.89. The molecule has 31 heavy (non-hydrogen) atoms. The van der Waals surface area contributed by atoms with Crippen LogP contribution in [0.1, 0.15) is 39.5 Å². The molecule has 1 saturated heterocycles. The lowest BCUT2D eigenvalue weighted by molar-refractivity contribution is -0.125. The molecule has 172 valence electrons. The summed E-state index contributed by atoms with van der Waals surface area (Å²) in [6, 6.07) is 4.95. The number of ether oxygens (including phenoxy) is 2. The van der Waals surface area contributed by atoms with Gasteiger partial charge in [-0.1, -0.05) is 11.6 Å². The monoisotopic (exact) mass is 454 g/mol. The Morgan fingerprint density at radius 3 is 2.71 bits per heavy atom. The van der Waals surface area contributed by atoms with Crippen LogP contribution in [-0.4, -0.2) is 49.8 Å². The van der Waals surface area contributed by atoms with E-state index < -0.39 is 5.82 Å². The predicted molar refractivity (Wildman–Crippen MR) is 116 cm³/mol. The highest BCUT2D eigenvalue weighted by Crippen LogP contribution is 2.45. The Hall–Kier alpha value is -1.45. The molecule has 7 nitrogen and oxygen atoms in total. The second-order valence-corrected chi connectivity index (χ2v) is 9.29. The average Bonchev–Trinajstić information content (AvgIpc) is 2.67. The molecule has 5 rings (SSSR count). The molecule has 1 aromatic carbocycles. The Labute approximate surface area is 187 Å². The summed E-state index contributed by atoms with van der Waals surface area (Å²) in [6.07, 6.45) is 4.07. The molecule has 5 atom stereocenters. The van der Waals surface area contributed by atoms with Crippen molar-refractivity contribution in [3.63, 3.8) is 0 Å². The van der Waals surface area contributed by atoms with Crippen molar-refractivity contribution in [1.29, 1.82) is 0 Å². The first kappa shape index (κ1) is 22.7. The maximum absolute atomic E-state index is 13.5. The van der Waals surface area contributed by atoms with Crippen LogP contribution in [-0.2, 0) is 9.53 Å². The van der Waals surface area contributed by atoms with Crippen LogP contribution in [0.15, 0.2) is 18.2 Å². The highest BCUT2D eigenvalue weighted by atomic mass is 35.5. The first-order valence-electron chi connectivity index (χ1n) is 11.2. The Kier molecular flexibility index (Phi) is 7.33. The number of nitrogens with one attached hydrogen (secondary N) is 4. The minimum absolute atomic E-state index is 0.0121. The van der Waals surface area contributed by atoms with E-state index in [9.17, 15) is 9.18 Å². The van der Waals surface area contributed by atoms with Gasteiger partial charge in [0.25, 0.3) is 5.91 Å². The molecule has 4 fully saturated rings. The van der Waals surface area contributed by atoms with Crippen molar-refractivity contribution in [3.8, 4) is 5.75 Å². The molecule has 4 N–H and O–H groups in total.